The summed E-state index contributed by atoms with van der Waals surface area (Å²) in [7, 11) is 0. The molecule has 0 amide bonds. The zero-order chi connectivity index (χ0) is 21.0. The molecule has 3 aromatic heterocycles. The predicted molar refractivity (Wildman–Crippen MR) is 123 cm³/mol. The fourth-order valence-electron chi connectivity index (χ4n) is 4.19. The Hall–Kier alpha value is -2.52. The summed E-state index contributed by atoms with van der Waals surface area (Å²) in [6, 6.07) is 14.8. The number of nitrogens with zero attached hydrogens (tertiary/aromatic N) is 7. The number of thiophene rings is 1. The molecule has 1 saturated carbocycles. The van der Waals surface area contributed by atoms with Crippen molar-refractivity contribution in [2.45, 2.75) is 61.9 Å². The molecule has 5 rings (SSSR count). The first-order valence-electron chi connectivity index (χ1n) is 10.8. The highest BCUT2D eigenvalue weighted by molar-refractivity contribution is 7.99. The van der Waals surface area contributed by atoms with Crippen LogP contribution in [0.3, 0.4) is 0 Å². The third-order valence-electron chi connectivity index (χ3n) is 5.73. The van der Waals surface area contributed by atoms with Crippen LogP contribution in [0, 0.1) is 0 Å². The number of thioether (sulfide) groups is 1. The van der Waals surface area contributed by atoms with Gasteiger partial charge in [-0.3, -0.25) is 0 Å². The minimum Gasteiger partial charge on any atom is -0.303 e. The number of benzene rings is 1. The van der Waals surface area contributed by atoms with Gasteiger partial charge in [0.2, 0.25) is 0 Å². The number of aromatic nitrogens is 7. The van der Waals surface area contributed by atoms with Crippen LogP contribution < -0.4 is 0 Å². The molecule has 0 saturated heterocycles. The summed E-state index contributed by atoms with van der Waals surface area (Å²) in [5.74, 6) is 1.88. The van der Waals surface area contributed by atoms with Crippen LogP contribution in [0.5, 0.6) is 0 Å². The molecule has 9 heteroatoms. The maximum Gasteiger partial charge on any atom is 0.192 e. The Kier molecular flexibility index (Phi) is 6.13. The quantitative estimate of drug-likeness (QED) is 0.357. The number of tetrazole rings is 1. The van der Waals surface area contributed by atoms with E-state index < -0.39 is 0 Å². The molecule has 1 fully saturated rings. The minimum atomic E-state index is 0.0383. The van der Waals surface area contributed by atoms with Gasteiger partial charge >= 0.3 is 0 Å². The normalized spacial score (nSPS) is 15.9. The summed E-state index contributed by atoms with van der Waals surface area (Å²) in [6.07, 6.45) is 7.08. The Labute approximate surface area is 189 Å². The summed E-state index contributed by atoms with van der Waals surface area (Å²) in [6.45, 7) is 2.13. The zero-order valence-corrected chi connectivity index (χ0v) is 19.1. The summed E-state index contributed by atoms with van der Waals surface area (Å²) in [5, 5.41) is 24.9. The topological polar surface area (TPSA) is 74.3 Å². The Morgan fingerprint density at radius 3 is 2.65 bits per heavy atom. The van der Waals surface area contributed by atoms with Gasteiger partial charge in [0, 0.05) is 17.3 Å². The van der Waals surface area contributed by atoms with Gasteiger partial charge in [-0.15, -0.1) is 26.6 Å². The minimum absolute atomic E-state index is 0.0383. The van der Waals surface area contributed by atoms with Crippen LogP contribution in [0.15, 0.2) is 53.0 Å². The van der Waals surface area contributed by atoms with Crippen molar-refractivity contribution in [3.8, 4) is 5.69 Å². The molecule has 1 atom stereocenters. The highest BCUT2D eigenvalue weighted by atomic mass is 32.2. The van der Waals surface area contributed by atoms with E-state index in [0.717, 1.165) is 28.9 Å². The molecule has 4 aromatic rings. The molecule has 1 aromatic carbocycles. The summed E-state index contributed by atoms with van der Waals surface area (Å²) in [5.41, 5.74) is 0.960. The van der Waals surface area contributed by atoms with Crippen molar-refractivity contribution in [2.75, 3.05) is 0 Å². The van der Waals surface area contributed by atoms with Crippen molar-refractivity contribution in [3.05, 3.63) is 64.4 Å². The van der Waals surface area contributed by atoms with E-state index in [1.807, 2.05) is 35.0 Å². The summed E-state index contributed by atoms with van der Waals surface area (Å²) >= 11 is 3.47. The van der Waals surface area contributed by atoms with Crippen LogP contribution in [0.2, 0.25) is 0 Å². The Morgan fingerprint density at radius 2 is 1.87 bits per heavy atom. The summed E-state index contributed by atoms with van der Waals surface area (Å²) < 4.78 is 4.21. The molecule has 0 aliphatic heterocycles. The van der Waals surface area contributed by atoms with Crippen molar-refractivity contribution in [3.63, 3.8) is 0 Å². The lowest BCUT2D eigenvalue weighted by atomic mass is 9.95. The van der Waals surface area contributed by atoms with Gasteiger partial charge in [0.05, 0.1) is 10.9 Å². The average molecular weight is 452 g/mol. The molecule has 0 spiro atoms. The van der Waals surface area contributed by atoms with E-state index in [1.54, 1.807) is 23.1 Å². The Morgan fingerprint density at radius 1 is 1.03 bits per heavy atom. The van der Waals surface area contributed by atoms with Gasteiger partial charge in [0.25, 0.3) is 0 Å². The van der Waals surface area contributed by atoms with Crippen LogP contribution in [0.25, 0.3) is 5.69 Å². The largest absolute Gasteiger partial charge is 0.303 e. The lowest BCUT2D eigenvalue weighted by molar-refractivity contribution is 0.330. The molecular weight excluding hydrogens is 426 g/mol. The smallest absolute Gasteiger partial charge is 0.192 e. The molecule has 1 aliphatic carbocycles. The summed E-state index contributed by atoms with van der Waals surface area (Å²) in [4.78, 5) is 1.32. The van der Waals surface area contributed by atoms with E-state index in [9.17, 15) is 0 Å². The predicted octanol–water partition coefficient (Wildman–Crippen LogP) is 5.26. The van der Waals surface area contributed by atoms with Gasteiger partial charge in [0.15, 0.2) is 11.0 Å². The Balaban J connectivity index is 1.44. The molecule has 160 valence electrons. The molecule has 1 aliphatic rings. The highest BCUT2D eigenvalue weighted by Gasteiger charge is 2.26. The molecule has 7 nitrogen and oxygen atoms in total. The SMILES string of the molecule is CC(Sc1nnc(Cc2cccs2)n1C1CCCCC1)c1nnnn1-c1ccccc1. The van der Waals surface area contributed by atoms with Gasteiger partial charge in [-0.05, 0) is 53.8 Å². The van der Waals surface area contributed by atoms with Crippen LogP contribution in [0.1, 0.15) is 66.8 Å². The van der Waals surface area contributed by atoms with Crippen molar-refractivity contribution in [1.29, 1.82) is 0 Å². The van der Waals surface area contributed by atoms with Crippen molar-refractivity contribution in [1.82, 2.24) is 35.0 Å². The van der Waals surface area contributed by atoms with E-state index in [2.05, 4.69) is 54.7 Å². The maximum atomic E-state index is 4.63. The number of hydrogen-bond acceptors (Lipinski definition) is 7. The van der Waals surface area contributed by atoms with E-state index in [0.29, 0.717) is 6.04 Å². The Bertz CT molecular complexity index is 1100. The second-order valence-corrected chi connectivity index (χ2v) is 10.2. The third kappa shape index (κ3) is 4.43. The van der Waals surface area contributed by atoms with Gasteiger partial charge in [-0.25, -0.2) is 0 Å². The monoisotopic (exact) mass is 451 g/mol. The molecule has 0 radical (unpaired) electrons. The molecule has 0 N–H and O–H groups in total. The lowest BCUT2D eigenvalue weighted by Crippen LogP contribution is -2.17. The number of hydrogen-bond donors (Lipinski definition) is 0. The molecule has 0 bridgehead atoms. The van der Waals surface area contributed by atoms with Crippen molar-refractivity contribution >= 4 is 23.1 Å². The zero-order valence-electron chi connectivity index (χ0n) is 17.5. The average Bonchev–Trinajstić information content (AvgIpc) is 3.57. The van der Waals surface area contributed by atoms with E-state index >= 15 is 0 Å². The van der Waals surface area contributed by atoms with E-state index in [4.69, 9.17) is 0 Å². The van der Waals surface area contributed by atoms with Crippen molar-refractivity contribution in [2.24, 2.45) is 0 Å². The first-order chi connectivity index (χ1) is 15.3. The molecule has 31 heavy (non-hydrogen) atoms. The highest BCUT2D eigenvalue weighted by Crippen LogP contribution is 2.38. The van der Waals surface area contributed by atoms with Gasteiger partial charge in [0.1, 0.15) is 5.82 Å². The maximum absolute atomic E-state index is 4.63. The first-order valence-corrected chi connectivity index (χ1v) is 12.5. The van der Waals surface area contributed by atoms with Crippen LogP contribution in [-0.2, 0) is 6.42 Å². The van der Waals surface area contributed by atoms with Gasteiger partial charge in [-0.2, -0.15) is 4.68 Å². The second-order valence-electron chi connectivity index (χ2n) is 7.86. The van der Waals surface area contributed by atoms with Crippen molar-refractivity contribution < 1.29 is 0 Å². The van der Waals surface area contributed by atoms with Gasteiger partial charge < -0.3 is 4.57 Å². The fourth-order valence-corrected chi connectivity index (χ4v) is 5.92. The fraction of sp³-hybridized carbons (Fsp3) is 0.409. The molecule has 1 unspecified atom stereocenters. The van der Waals surface area contributed by atoms with Crippen LogP contribution >= 0.6 is 23.1 Å². The number of rotatable bonds is 7. The van der Waals surface area contributed by atoms with E-state index in [-0.39, 0.29) is 5.25 Å². The number of para-hydroxylation sites is 1. The lowest BCUT2D eigenvalue weighted by Gasteiger charge is -2.26. The first kappa shape index (κ1) is 20.4. The molecular formula is C22H25N7S2. The van der Waals surface area contributed by atoms with Crippen LogP contribution in [0.4, 0.5) is 0 Å². The van der Waals surface area contributed by atoms with Crippen LogP contribution in [-0.4, -0.2) is 35.0 Å². The second kappa shape index (κ2) is 9.32. The third-order valence-corrected chi connectivity index (χ3v) is 7.66. The van der Waals surface area contributed by atoms with E-state index in [1.165, 1.54) is 37.0 Å². The standard InChI is InChI=1S/C22H25N7S2/c1-16(21-24-26-27-29(21)18-11-6-3-7-12-18)31-22-25-23-20(15-19-13-8-14-30-19)28(22)17-9-4-2-5-10-17/h3,6-8,11-14,16-17H,2,4-5,9-10,15H2,1H3. The van der Waals surface area contributed by atoms with Gasteiger partial charge in [-0.1, -0.05) is 55.3 Å². The molecule has 3 heterocycles.